The van der Waals surface area contributed by atoms with Crippen molar-refractivity contribution in [1.29, 1.82) is 0 Å². The average Bonchev–Trinajstić information content (AvgIpc) is 3.21. The standard InChI is InChI=1S/C29H32O5/c1-4-24(30)26-27(34-28(2,3)33-26)25(31)20-32-29(21-14-8-5-9-15-21,22-16-10-6-11-17-22)23-18-12-7-13-19-23/h4-19,24-27,30-31H,1,20H2,2-3H3/t24?,25?,26-,27+/m0/s1. The van der Waals surface area contributed by atoms with Gasteiger partial charge in [-0.1, -0.05) is 97.1 Å². The Labute approximate surface area is 201 Å². The van der Waals surface area contributed by atoms with Gasteiger partial charge >= 0.3 is 0 Å². The Balaban J connectivity index is 1.73. The summed E-state index contributed by atoms with van der Waals surface area (Å²) in [5.74, 6) is -0.949. The van der Waals surface area contributed by atoms with Gasteiger partial charge in [0.25, 0.3) is 0 Å². The van der Waals surface area contributed by atoms with Crippen molar-refractivity contribution in [3.8, 4) is 0 Å². The van der Waals surface area contributed by atoms with Gasteiger partial charge in [-0.05, 0) is 30.5 Å². The second-order valence-corrected chi connectivity index (χ2v) is 8.95. The van der Waals surface area contributed by atoms with Crippen LogP contribution in [0, 0.1) is 0 Å². The van der Waals surface area contributed by atoms with E-state index in [9.17, 15) is 10.2 Å². The average molecular weight is 461 g/mol. The molecule has 3 aromatic carbocycles. The molecule has 0 radical (unpaired) electrons. The topological polar surface area (TPSA) is 68.2 Å². The van der Waals surface area contributed by atoms with Crippen LogP contribution in [0.5, 0.6) is 0 Å². The molecule has 1 heterocycles. The van der Waals surface area contributed by atoms with E-state index in [2.05, 4.69) is 6.58 Å². The molecule has 0 aliphatic carbocycles. The molecule has 3 aromatic rings. The van der Waals surface area contributed by atoms with Crippen molar-refractivity contribution >= 4 is 0 Å². The van der Waals surface area contributed by atoms with Crippen LogP contribution in [0.15, 0.2) is 104 Å². The van der Waals surface area contributed by atoms with E-state index >= 15 is 0 Å². The van der Waals surface area contributed by atoms with E-state index in [-0.39, 0.29) is 6.61 Å². The summed E-state index contributed by atoms with van der Waals surface area (Å²) in [5, 5.41) is 21.6. The molecule has 0 bridgehead atoms. The van der Waals surface area contributed by atoms with Gasteiger partial charge in [0.1, 0.15) is 30.0 Å². The number of aliphatic hydroxyl groups is 2. The van der Waals surface area contributed by atoms with Gasteiger partial charge in [-0.25, -0.2) is 0 Å². The van der Waals surface area contributed by atoms with Gasteiger partial charge in [0.15, 0.2) is 5.79 Å². The Bertz CT molecular complexity index is 955. The SMILES string of the molecule is C=CC(O)[C@@H]1OC(C)(C)O[C@@H]1C(O)COC(c1ccccc1)(c1ccccc1)c1ccccc1. The van der Waals surface area contributed by atoms with Crippen molar-refractivity contribution < 1.29 is 24.4 Å². The first kappa shape index (κ1) is 24.3. The van der Waals surface area contributed by atoms with E-state index in [1.165, 1.54) is 6.08 Å². The second-order valence-electron chi connectivity index (χ2n) is 8.95. The molecule has 2 N–H and O–H groups in total. The normalized spacial score (nSPS) is 21.6. The van der Waals surface area contributed by atoms with Gasteiger partial charge in [-0.2, -0.15) is 0 Å². The summed E-state index contributed by atoms with van der Waals surface area (Å²) in [6.07, 6.45) is -2.20. The predicted molar refractivity (Wildman–Crippen MR) is 131 cm³/mol. The van der Waals surface area contributed by atoms with Crippen LogP contribution >= 0.6 is 0 Å². The second kappa shape index (κ2) is 10.2. The van der Waals surface area contributed by atoms with Crippen molar-refractivity contribution in [2.45, 2.75) is 49.7 Å². The first-order valence-corrected chi connectivity index (χ1v) is 11.5. The Morgan fingerprint density at radius 1 is 0.824 bits per heavy atom. The van der Waals surface area contributed by atoms with E-state index in [0.717, 1.165) is 16.7 Å². The van der Waals surface area contributed by atoms with Gasteiger partial charge in [-0.15, -0.1) is 6.58 Å². The number of aliphatic hydroxyl groups excluding tert-OH is 2. The van der Waals surface area contributed by atoms with Crippen molar-refractivity contribution in [2.75, 3.05) is 6.61 Å². The molecule has 5 heteroatoms. The Kier molecular flexibility index (Phi) is 7.31. The molecule has 0 spiro atoms. The third-order valence-electron chi connectivity index (χ3n) is 6.13. The molecule has 178 valence electrons. The van der Waals surface area contributed by atoms with Crippen molar-refractivity contribution in [3.05, 3.63) is 120 Å². The summed E-state index contributed by atoms with van der Waals surface area (Å²) in [7, 11) is 0. The zero-order chi connectivity index (χ0) is 24.2. The maximum atomic E-state index is 11.2. The minimum Gasteiger partial charge on any atom is -0.388 e. The minimum atomic E-state index is -1.06. The first-order chi connectivity index (χ1) is 16.4. The zero-order valence-corrected chi connectivity index (χ0v) is 19.6. The molecule has 4 atom stereocenters. The minimum absolute atomic E-state index is 0.0524. The van der Waals surface area contributed by atoms with Crippen LogP contribution in [0.25, 0.3) is 0 Å². The number of rotatable bonds is 9. The maximum Gasteiger partial charge on any atom is 0.164 e. The molecule has 4 rings (SSSR count). The third kappa shape index (κ3) is 4.85. The summed E-state index contributed by atoms with van der Waals surface area (Å²) in [5.41, 5.74) is 1.84. The largest absolute Gasteiger partial charge is 0.388 e. The monoisotopic (exact) mass is 460 g/mol. The van der Waals surface area contributed by atoms with Crippen molar-refractivity contribution in [2.24, 2.45) is 0 Å². The number of benzene rings is 3. The van der Waals surface area contributed by atoms with Gasteiger partial charge < -0.3 is 24.4 Å². The number of hydrogen-bond donors (Lipinski definition) is 2. The van der Waals surface area contributed by atoms with E-state index in [0.29, 0.717) is 0 Å². The molecule has 2 unspecified atom stereocenters. The van der Waals surface area contributed by atoms with Gasteiger partial charge in [0.2, 0.25) is 0 Å². The lowest BCUT2D eigenvalue weighted by molar-refractivity contribution is -0.164. The fourth-order valence-electron chi connectivity index (χ4n) is 4.59. The van der Waals surface area contributed by atoms with E-state index in [1.807, 2.05) is 91.0 Å². The highest BCUT2D eigenvalue weighted by Gasteiger charge is 2.48. The van der Waals surface area contributed by atoms with Crippen LogP contribution < -0.4 is 0 Å². The first-order valence-electron chi connectivity index (χ1n) is 11.5. The van der Waals surface area contributed by atoms with Gasteiger partial charge in [0, 0.05) is 0 Å². The molecule has 0 saturated carbocycles. The van der Waals surface area contributed by atoms with Crippen LogP contribution in [0.3, 0.4) is 0 Å². The fourth-order valence-corrected chi connectivity index (χ4v) is 4.59. The summed E-state index contributed by atoms with van der Waals surface area (Å²) < 4.78 is 18.5. The quantitative estimate of drug-likeness (QED) is 0.365. The van der Waals surface area contributed by atoms with Crippen LogP contribution in [0.2, 0.25) is 0 Å². The molecule has 1 aliphatic heterocycles. The van der Waals surface area contributed by atoms with E-state index < -0.39 is 35.8 Å². The van der Waals surface area contributed by atoms with Crippen molar-refractivity contribution in [3.63, 3.8) is 0 Å². The fraction of sp³-hybridized carbons (Fsp3) is 0.310. The molecule has 0 aromatic heterocycles. The molecular formula is C29H32O5. The smallest absolute Gasteiger partial charge is 0.164 e. The van der Waals surface area contributed by atoms with Gasteiger partial charge in [0.05, 0.1) is 6.61 Å². The van der Waals surface area contributed by atoms with E-state index in [1.54, 1.807) is 13.8 Å². The lowest BCUT2D eigenvalue weighted by atomic mass is 9.80. The lowest BCUT2D eigenvalue weighted by Gasteiger charge is -2.37. The van der Waals surface area contributed by atoms with Crippen LogP contribution in [0.4, 0.5) is 0 Å². The summed E-state index contributed by atoms with van der Waals surface area (Å²) in [6.45, 7) is 7.11. The van der Waals surface area contributed by atoms with Crippen molar-refractivity contribution in [1.82, 2.24) is 0 Å². The summed E-state index contributed by atoms with van der Waals surface area (Å²) >= 11 is 0. The number of ether oxygens (including phenoxy) is 3. The molecule has 1 fully saturated rings. The van der Waals surface area contributed by atoms with E-state index in [4.69, 9.17) is 14.2 Å². The highest BCUT2D eigenvalue weighted by molar-refractivity contribution is 5.47. The maximum absolute atomic E-state index is 11.2. The highest BCUT2D eigenvalue weighted by Crippen LogP contribution is 2.41. The highest BCUT2D eigenvalue weighted by atomic mass is 16.8. The predicted octanol–water partition coefficient (Wildman–Crippen LogP) is 4.42. The molecule has 1 aliphatic rings. The zero-order valence-electron chi connectivity index (χ0n) is 19.6. The summed E-state index contributed by atoms with van der Waals surface area (Å²) in [6, 6.07) is 29.9. The molecular weight excluding hydrogens is 428 g/mol. The van der Waals surface area contributed by atoms with Gasteiger partial charge in [-0.3, -0.25) is 0 Å². The Morgan fingerprint density at radius 2 is 1.24 bits per heavy atom. The van der Waals surface area contributed by atoms with Crippen LogP contribution in [-0.4, -0.2) is 47.0 Å². The molecule has 0 amide bonds. The molecule has 5 nitrogen and oxygen atoms in total. The molecule has 34 heavy (non-hydrogen) atoms. The Hall–Kier alpha value is -2.80. The van der Waals surface area contributed by atoms with Crippen LogP contribution in [0.1, 0.15) is 30.5 Å². The Morgan fingerprint density at radius 3 is 1.65 bits per heavy atom. The number of hydrogen-bond acceptors (Lipinski definition) is 5. The van der Waals surface area contributed by atoms with Crippen LogP contribution in [-0.2, 0) is 19.8 Å². The lowest BCUT2D eigenvalue weighted by Crippen LogP contribution is -2.45. The third-order valence-corrected chi connectivity index (χ3v) is 6.13. The summed E-state index contributed by atoms with van der Waals surface area (Å²) in [4.78, 5) is 0. The molecule has 1 saturated heterocycles.